The van der Waals surface area contributed by atoms with Crippen molar-refractivity contribution < 1.29 is 9.59 Å². The highest BCUT2D eigenvalue weighted by molar-refractivity contribution is 5.86. The van der Waals surface area contributed by atoms with Gasteiger partial charge >= 0.3 is 0 Å². The Kier molecular flexibility index (Phi) is 16.1. The van der Waals surface area contributed by atoms with E-state index in [1.54, 1.807) is 9.80 Å². The van der Waals surface area contributed by atoms with Crippen LogP contribution in [0.3, 0.4) is 0 Å². The second-order valence-corrected chi connectivity index (χ2v) is 8.10. The van der Waals surface area contributed by atoms with Gasteiger partial charge in [0.25, 0.3) is 0 Å². The summed E-state index contributed by atoms with van der Waals surface area (Å²) in [7, 11) is 0. The predicted molar refractivity (Wildman–Crippen MR) is 145 cm³/mol. The summed E-state index contributed by atoms with van der Waals surface area (Å²) in [5.74, 6) is 2.44. The average Bonchev–Trinajstić information content (AvgIpc) is 3.46. The van der Waals surface area contributed by atoms with Gasteiger partial charge in [0.2, 0.25) is 11.8 Å². The number of likely N-dealkylation sites (tertiary alicyclic amines) is 2. The van der Waals surface area contributed by atoms with Crippen LogP contribution in [0.2, 0.25) is 0 Å². The Hall–Kier alpha value is -1.28. The van der Waals surface area contributed by atoms with Gasteiger partial charge in [-0.15, -0.1) is 56.1 Å². The van der Waals surface area contributed by atoms with Crippen LogP contribution in [0.4, 0.5) is 0 Å². The summed E-state index contributed by atoms with van der Waals surface area (Å²) in [5, 5.41) is 0. The molecule has 4 atom stereocenters. The molecule has 0 bridgehead atoms. The SMILES string of the molecule is C#Cc1cc(C2CCCN2C(=O)C(N)CN)cc(C2CCCN2C(=O)C(N)CN)c1.Cl.Cl.Cl.Cl. The van der Waals surface area contributed by atoms with Gasteiger partial charge in [-0.05, 0) is 48.9 Å². The fourth-order valence-corrected chi connectivity index (χ4v) is 4.53. The second kappa shape index (κ2) is 15.7. The minimum absolute atomic E-state index is 0. The van der Waals surface area contributed by atoms with Crippen LogP contribution >= 0.6 is 49.6 Å². The lowest BCUT2D eigenvalue weighted by molar-refractivity contribution is -0.134. The first-order valence-corrected chi connectivity index (χ1v) is 10.5. The van der Waals surface area contributed by atoms with E-state index in [4.69, 9.17) is 29.4 Å². The van der Waals surface area contributed by atoms with E-state index in [1.165, 1.54) is 0 Å². The van der Waals surface area contributed by atoms with Crippen molar-refractivity contribution in [2.45, 2.75) is 49.9 Å². The molecule has 34 heavy (non-hydrogen) atoms. The van der Waals surface area contributed by atoms with Crippen LogP contribution in [0.25, 0.3) is 0 Å². The Balaban J connectivity index is 0. The fraction of sp³-hybridized carbons (Fsp3) is 0.545. The topological polar surface area (TPSA) is 145 Å². The molecule has 2 saturated heterocycles. The number of amides is 2. The molecule has 0 aliphatic carbocycles. The third-order valence-corrected chi connectivity index (χ3v) is 6.13. The molecule has 0 aromatic heterocycles. The maximum atomic E-state index is 12.7. The smallest absolute Gasteiger partial charge is 0.241 e. The highest BCUT2D eigenvalue weighted by atomic mass is 35.5. The molecule has 2 heterocycles. The number of hydrogen-bond donors (Lipinski definition) is 4. The van der Waals surface area contributed by atoms with Gasteiger partial charge in [0.15, 0.2) is 0 Å². The average molecular weight is 558 g/mol. The van der Waals surface area contributed by atoms with Crippen molar-refractivity contribution in [1.29, 1.82) is 0 Å². The van der Waals surface area contributed by atoms with E-state index < -0.39 is 12.1 Å². The summed E-state index contributed by atoms with van der Waals surface area (Å²) in [6.07, 6.45) is 9.18. The Bertz CT molecular complexity index is 795. The monoisotopic (exact) mass is 556 g/mol. The van der Waals surface area contributed by atoms with E-state index in [0.717, 1.165) is 42.4 Å². The van der Waals surface area contributed by atoms with Gasteiger partial charge in [-0.1, -0.05) is 12.0 Å². The van der Waals surface area contributed by atoms with Gasteiger partial charge in [-0.3, -0.25) is 9.59 Å². The molecule has 2 aliphatic rings. The lowest BCUT2D eigenvalue weighted by atomic mass is 9.94. The summed E-state index contributed by atoms with van der Waals surface area (Å²) in [6.45, 7) is 1.51. The van der Waals surface area contributed by atoms with Gasteiger partial charge in [0.05, 0.1) is 24.2 Å². The molecule has 4 unspecified atom stereocenters. The summed E-state index contributed by atoms with van der Waals surface area (Å²) in [4.78, 5) is 29.0. The van der Waals surface area contributed by atoms with Crippen LogP contribution in [0, 0.1) is 12.3 Å². The van der Waals surface area contributed by atoms with E-state index in [2.05, 4.69) is 12.0 Å². The molecule has 0 spiro atoms. The molecule has 2 amide bonds. The molecule has 12 heteroatoms. The van der Waals surface area contributed by atoms with Crippen LogP contribution < -0.4 is 22.9 Å². The van der Waals surface area contributed by atoms with Crippen molar-refractivity contribution in [1.82, 2.24) is 9.80 Å². The van der Waals surface area contributed by atoms with Crippen LogP contribution in [0.1, 0.15) is 54.5 Å². The first-order valence-electron chi connectivity index (χ1n) is 10.5. The van der Waals surface area contributed by atoms with Crippen molar-refractivity contribution in [2.24, 2.45) is 22.9 Å². The second-order valence-electron chi connectivity index (χ2n) is 8.10. The Morgan fingerprint density at radius 1 is 0.853 bits per heavy atom. The molecule has 1 aromatic carbocycles. The van der Waals surface area contributed by atoms with Crippen LogP contribution in [0.15, 0.2) is 18.2 Å². The van der Waals surface area contributed by atoms with Crippen LogP contribution in [0.5, 0.6) is 0 Å². The number of halogens is 4. The lowest BCUT2D eigenvalue weighted by Gasteiger charge is -2.30. The minimum atomic E-state index is -0.707. The number of carbonyl (C=O) groups is 2. The number of benzene rings is 1. The molecule has 0 saturated carbocycles. The van der Waals surface area contributed by atoms with Crippen LogP contribution in [-0.2, 0) is 9.59 Å². The summed E-state index contributed by atoms with van der Waals surface area (Å²) in [5.41, 5.74) is 25.7. The highest BCUT2D eigenvalue weighted by Gasteiger charge is 2.35. The van der Waals surface area contributed by atoms with Gasteiger partial charge in [0, 0.05) is 31.7 Å². The molecule has 2 fully saturated rings. The van der Waals surface area contributed by atoms with E-state index in [9.17, 15) is 9.59 Å². The summed E-state index contributed by atoms with van der Waals surface area (Å²) >= 11 is 0. The highest BCUT2D eigenvalue weighted by Crippen LogP contribution is 2.37. The Morgan fingerprint density at radius 2 is 1.24 bits per heavy atom. The van der Waals surface area contributed by atoms with Gasteiger partial charge in [0.1, 0.15) is 0 Å². The molecule has 8 nitrogen and oxygen atoms in total. The molecule has 194 valence electrons. The van der Waals surface area contributed by atoms with Crippen molar-refractivity contribution in [3.63, 3.8) is 0 Å². The summed E-state index contributed by atoms with van der Waals surface area (Å²) in [6, 6.07) is 4.34. The Morgan fingerprint density at radius 3 is 1.56 bits per heavy atom. The van der Waals surface area contributed by atoms with Crippen molar-refractivity contribution in [3.8, 4) is 12.3 Å². The van der Waals surface area contributed by atoms with Crippen LogP contribution in [-0.4, -0.2) is 59.9 Å². The van der Waals surface area contributed by atoms with E-state index >= 15 is 0 Å². The first-order chi connectivity index (χ1) is 14.4. The molecule has 0 radical (unpaired) electrons. The molecular formula is C22H36Cl4N6O2. The maximum absolute atomic E-state index is 12.7. The maximum Gasteiger partial charge on any atom is 0.241 e. The molecule has 3 rings (SSSR count). The first kappa shape index (κ1) is 34.9. The van der Waals surface area contributed by atoms with Gasteiger partial charge < -0.3 is 32.7 Å². The zero-order chi connectivity index (χ0) is 21.8. The van der Waals surface area contributed by atoms with E-state index in [1.807, 2.05) is 12.1 Å². The molecule has 2 aliphatic heterocycles. The van der Waals surface area contributed by atoms with E-state index in [-0.39, 0.29) is 86.6 Å². The third kappa shape index (κ3) is 7.36. The fourth-order valence-electron chi connectivity index (χ4n) is 4.53. The molecule has 8 N–H and O–H groups in total. The van der Waals surface area contributed by atoms with Gasteiger partial charge in [-0.2, -0.15) is 0 Å². The minimum Gasteiger partial charge on any atom is -0.334 e. The number of carbonyl (C=O) groups excluding carboxylic acids is 2. The van der Waals surface area contributed by atoms with E-state index in [0.29, 0.717) is 13.1 Å². The number of terminal acetylenes is 1. The standard InChI is InChI=1S/C22H32N6O2.4ClH/c1-2-14-9-15(19-5-3-7-27(19)21(29)17(25)12-23)11-16(10-14)20-6-4-8-28(20)22(30)18(26)13-24;;;;/h1,9-11,17-20H,3-8,12-13,23-26H2;4*1H. The Labute approximate surface area is 226 Å². The third-order valence-electron chi connectivity index (χ3n) is 6.13. The number of rotatable bonds is 6. The number of nitrogens with two attached hydrogens (primary N) is 4. The number of nitrogens with zero attached hydrogens (tertiary/aromatic N) is 2. The molecule has 1 aromatic rings. The zero-order valence-corrected chi connectivity index (χ0v) is 22.2. The van der Waals surface area contributed by atoms with Crippen molar-refractivity contribution in [3.05, 3.63) is 34.9 Å². The molecular weight excluding hydrogens is 522 g/mol. The normalized spacial score (nSPS) is 20.6. The van der Waals surface area contributed by atoms with Crippen molar-refractivity contribution in [2.75, 3.05) is 26.2 Å². The van der Waals surface area contributed by atoms with Crippen molar-refractivity contribution >= 4 is 61.4 Å². The van der Waals surface area contributed by atoms with Gasteiger partial charge in [-0.25, -0.2) is 0 Å². The quantitative estimate of drug-likeness (QED) is 0.387. The largest absolute Gasteiger partial charge is 0.334 e. The lowest BCUT2D eigenvalue weighted by Crippen LogP contribution is -2.47. The summed E-state index contributed by atoms with van der Waals surface area (Å²) < 4.78 is 0. The zero-order valence-electron chi connectivity index (χ0n) is 18.9. The predicted octanol–water partition coefficient (Wildman–Crippen LogP) is 1.25. The number of hydrogen-bond acceptors (Lipinski definition) is 6.